The Labute approximate surface area is 97.1 Å². The molecule has 2 aromatic heterocycles. The van der Waals surface area contributed by atoms with Crippen molar-refractivity contribution in [1.29, 1.82) is 0 Å². The van der Waals surface area contributed by atoms with E-state index < -0.39 is 5.97 Å². The Kier molecular flexibility index (Phi) is 2.82. The number of hydrogen-bond acceptors (Lipinski definition) is 6. The number of nitrogens with two attached hydrogens (primary N) is 1. The number of nitrogen functional groups attached to an aromatic ring is 1. The third kappa shape index (κ3) is 2.12. The van der Waals surface area contributed by atoms with Crippen molar-refractivity contribution in [2.45, 2.75) is 6.92 Å². The van der Waals surface area contributed by atoms with Crippen LogP contribution in [-0.2, 0) is 11.8 Å². The summed E-state index contributed by atoms with van der Waals surface area (Å²) in [6.45, 7) is 2.01. The van der Waals surface area contributed by atoms with Crippen molar-refractivity contribution in [1.82, 2.24) is 14.9 Å². The van der Waals surface area contributed by atoms with Crippen molar-refractivity contribution in [3.05, 3.63) is 18.0 Å². The van der Waals surface area contributed by atoms with Gasteiger partial charge in [-0.1, -0.05) is 5.16 Å². The average Bonchev–Trinajstić information content (AvgIpc) is 2.84. The van der Waals surface area contributed by atoms with Crippen LogP contribution < -0.4 is 5.73 Å². The summed E-state index contributed by atoms with van der Waals surface area (Å²) in [5.74, 6) is 0.135. The molecule has 0 aromatic carbocycles. The van der Waals surface area contributed by atoms with Gasteiger partial charge in [-0.25, -0.2) is 4.79 Å². The van der Waals surface area contributed by atoms with Gasteiger partial charge >= 0.3 is 5.97 Å². The van der Waals surface area contributed by atoms with Crippen LogP contribution in [0, 0.1) is 0 Å². The standard InChI is InChI=1S/C10H12N4O3/c1-3-16-10(15)9-6(5-14(2)12-9)7-4-8(11)13-17-7/h4-5H,3H2,1-2H3,(H2,11,13). The van der Waals surface area contributed by atoms with Gasteiger partial charge in [-0.15, -0.1) is 0 Å². The third-order valence-electron chi connectivity index (χ3n) is 2.09. The molecule has 90 valence electrons. The molecule has 0 saturated carbocycles. The zero-order valence-electron chi connectivity index (χ0n) is 9.51. The molecule has 7 nitrogen and oxygen atoms in total. The quantitative estimate of drug-likeness (QED) is 0.793. The van der Waals surface area contributed by atoms with Crippen molar-refractivity contribution >= 4 is 11.8 Å². The van der Waals surface area contributed by atoms with Crippen LogP contribution in [0.15, 0.2) is 16.8 Å². The number of hydrogen-bond donors (Lipinski definition) is 1. The number of carbonyl (C=O) groups is 1. The van der Waals surface area contributed by atoms with E-state index in [1.165, 1.54) is 10.7 Å². The summed E-state index contributed by atoms with van der Waals surface area (Å²) in [5, 5.41) is 7.59. The number of anilines is 1. The van der Waals surface area contributed by atoms with Crippen molar-refractivity contribution < 1.29 is 14.1 Å². The average molecular weight is 236 g/mol. The van der Waals surface area contributed by atoms with Gasteiger partial charge in [0, 0.05) is 19.3 Å². The molecule has 2 rings (SSSR count). The molecule has 0 radical (unpaired) electrons. The highest BCUT2D eigenvalue weighted by Crippen LogP contribution is 2.24. The van der Waals surface area contributed by atoms with E-state index in [1.807, 2.05) is 0 Å². The molecule has 0 aliphatic carbocycles. The maximum atomic E-state index is 11.7. The fraction of sp³-hybridized carbons (Fsp3) is 0.300. The monoisotopic (exact) mass is 236 g/mol. The van der Waals surface area contributed by atoms with Crippen LogP contribution in [0.2, 0.25) is 0 Å². The van der Waals surface area contributed by atoms with E-state index in [1.54, 1.807) is 20.2 Å². The van der Waals surface area contributed by atoms with Gasteiger partial charge in [-0.2, -0.15) is 5.10 Å². The summed E-state index contributed by atoms with van der Waals surface area (Å²) in [6, 6.07) is 1.53. The molecule has 0 spiro atoms. The predicted molar refractivity (Wildman–Crippen MR) is 59.1 cm³/mol. The highest BCUT2D eigenvalue weighted by atomic mass is 16.5. The van der Waals surface area contributed by atoms with Gasteiger partial charge in [0.15, 0.2) is 17.3 Å². The molecule has 0 bridgehead atoms. The summed E-state index contributed by atoms with van der Waals surface area (Å²) >= 11 is 0. The Morgan fingerprint density at radius 1 is 1.65 bits per heavy atom. The molecule has 0 atom stereocenters. The van der Waals surface area contributed by atoms with Crippen molar-refractivity contribution in [3.63, 3.8) is 0 Å². The molecule has 0 unspecified atom stereocenters. The van der Waals surface area contributed by atoms with Gasteiger partial charge in [0.05, 0.1) is 12.2 Å². The van der Waals surface area contributed by atoms with Crippen LogP contribution in [0.25, 0.3) is 11.3 Å². The van der Waals surface area contributed by atoms with E-state index in [0.717, 1.165) is 0 Å². The lowest BCUT2D eigenvalue weighted by molar-refractivity contribution is 0.0519. The number of aromatic nitrogens is 3. The topological polar surface area (TPSA) is 96.2 Å². The SMILES string of the molecule is CCOC(=O)c1nn(C)cc1-c1cc(N)no1. The highest BCUT2D eigenvalue weighted by molar-refractivity contribution is 5.94. The molecular formula is C10H12N4O3. The molecule has 0 aliphatic rings. The fourth-order valence-corrected chi connectivity index (χ4v) is 1.43. The van der Waals surface area contributed by atoms with Gasteiger partial charge in [0.25, 0.3) is 0 Å². The lowest BCUT2D eigenvalue weighted by Crippen LogP contribution is -2.07. The molecule has 0 fully saturated rings. The van der Waals surface area contributed by atoms with Crippen LogP contribution in [0.3, 0.4) is 0 Å². The Balaban J connectivity index is 2.43. The molecule has 2 heterocycles. The van der Waals surface area contributed by atoms with E-state index >= 15 is 0 Å². The van der Waals surface area contributed by atoms with Crippen molar-refractivity contribution in [3.8, 4) is 11.3 Å². The first-order valence-corrected chi connectivity index (χ1v) is 5.05. The minimum absolute atomic E-state index is 0.186. The lowest BCUT2D eigenvalue weighted by atomic mass is 10.2. The highest BCUT2D eigenvalue weighted by Gasteiger charge is 2.21. The first kappa shape index (κ1) is 11.2. The Hall–Kier alpha value is -2.31. The number of aryl methyl sites for hydroxylation is 1. The molecule has 2 N–H and O–H groups in total. The van der Waals surface area contributed by atoms with E-state index in [4.69, 9.17) is 15.0 Å². The second kappa shape index (κ2) is 4.28. The zero-order chi connectivity index (χ0) is 12.4. The largest absolute Gasteiger partial charge is 0.461 e. The van der Waals surface area contributed by atoms with Crippen molar-refractivity contribution in [2.75, 3.05) is 12.3 Å². The second-order valence-electron chi connectivity index (χ2n) is 3.40. The van der Waals surface area contributed by atoms with Gasteiger partial charge in [-0.05, 0) is 6.92 Å². The summed E-state index contributed by atoms with van der Waals surface area (Å²) in [7, 11) is 1.70. The molecular weight excluding hydrogens is 224 g/mol. The first-order chi connectivity index (χ1) is 8.11. The van der Waals surface area contributed by atoms with E-state index in [9.17, 15) is 4.79 Å². The smallest absolute Gasteiger partial charge is 0.359 e. The van der Waals surface area contributed by atoms with Crippen LogP contribution in [0.5, 0.6) is 0 Å². The molecule has 0 aliphatic heterocycles. The van der Waals surface area contributed by atoms with Gasteiger partial charge < -0.3 is 15.0 Å². The summed E-state index contributed by atoms with van der Waals surface area (Å²) in [5.41, 5.74) is 6.15. The first-order valence-electron chi connectivity index (χ1n) is 5.05. The summed E-state index contributed by atoms with van der Waals surface area (Å²) in [6.07, 6.45) is 1.65. The van der Waals surface area contributed by atoms with E-state index in [0.29, 0.717) is 11.3 Å². The minimum Gasteiger partial charge on any atom is -0.461 e. The number of nitrogens with zero attached hydrogens (tertiary/aromatic N) is 3. The maximum absolute atomic E-state index is 11.7. The molecule has 2 aromatic rings. The molecule has 0 saturated heterocycles. The number of ether oxygens (including phenoxy) is 1. The Morgan fingerprint density at radius 2 is 2.41 bits per heavy atom. The third-order valence-corrected chi connectivity index (χ3v) is 2.09. The van der Waals surface area contributed by atoms with Crippen LogP contribution in [-0.4, -0.2) is 27.5 Å². The normalized spacial score (nSPS) is 10.5. The number of rotatable bonds is 3. The summed E-state index contributed by atoms with van der Waals surface area (Å²) < 4.78 is 11.4. The van der Waals surface area contributed by atoms with Gasteiger partial charge in [-0.3, -0.25) is 4.68 Å². The van der Waals surface area contributed by atoms with Gasteiger partial charge in [0.2, 0.25) is 0 Å². The molecule has 7 heteroatoms. The summed E-state index contributed by atoms with van der Waals surface area (Å²) in [4.78, 5) is 11.7. The zero-order valence-corrected chi connectivity index (χ0v) is 9.51. The minimum atomic E-state index is -0.502. The Bertz CT molecular complexity index is 543. The second-order valence-corrected chi connectivity index (χ2v) is 3.40. The fourth-order valence-electron chi connectivity index (χ4n) is 1.43. The molecule has 0 amide bonds. The predicted octanol–water partition coefficient (Wildman–Crippen LogP) is 0.834. The molecule has 17 heavy (non-hydrogen) atoms. The van der Waals surface area contributed by atoms with Crippen LogP contribution in [0.4, 0.5) is 5.82 Å². The van der Waals surface area contributed by atoms with Gasteiger partial charge in [0.1, 0.15) is 0 Å². The Morgan fingerprint density at radius 3 is 3.00 bits per heavy atom. The van der Waals surface area contributed by atoms with Crippen LogP contribution >= 0.6 is 0 Å². The lowest BCUT2D eigenvalue weighted by Gasteiger charge is -1.98. The number of carbonyl (C=O) groups excluding carboxylic acids is 1. The van der Waals surface area contributed by atoms with Crippen molar-refractivity contribution in [2.24, 2.45) is 7.05 Å². The van der Waals surface area contributed by atoms with E-state index in [2.05, 4.69) is 10.3 Å². The maximum Gasteiger partial charge on any atom is 0.359 e. The number of esters is 1. The van der Waals surface area contributed by atoms with Crippen LogP contribution in [0.1, 0.15) is 17.4 Å². The van der Waals surface area contributed by atoms with E-state index in [-0.39, 0.29) is 18.1 Å².